The molecule has 1 aliphatic heterocycles. The normalized spacial score (nSPS) is 21.5. The van der Waals surface area contributed by atoms with Gasteiger partial charge in [-0.1, -0.05) is 23.7 Å². The van der Waals surface area contributed by atoms with Gasteiger partial charge in [0, 0.05) is 22.7 Å². The van der Waals surface area contributed by atoms with Crippen molar-refractivity contribution in [3.8, 4) is 10.6 Å². The molecule has 1 aromatic heterocycles. The van der Waals surface area contributed by atoms with Crippen LogP contribution in [0.1, 0.15) is 48.5 Å². The predicted octanol–water partition coefficient (Wildman–Crippen LogP) is 5.18. The number of nitrogens with zero attached hydrogens (tertiary/aromatic N) is 2. The zero-order valence-electron chi connectivity index (χ0n) is 13.7. The first-order valence-electron chi connectivity index (χ1n) is 8.03. The molecule has 5 heteroatoms. The minimum atomic E-state index is 0.125. The van der Waals surface area contributed by atoms with Crippen LogP contribution in [0.4, 0.5) is 0 Å². The zero-order valence-corrected chi connectivity index (χ0v) is 15.2. The Balaban J connectivity index is 1.91. The lowest BCUT2D eigenvalue weighted by Crippen LogP contribution is -2.47. The number of piperidine rings is 1. The van der Waals surface area contributed by atoms with Crippen LogP contribution in [0.5, 0.6) is 0 Å². The molecule has 122 valence electrons. The van der Waals surface area contributed by atoms with Crippen LogP contribution < -0.4 is 0 Å². The van der Waals surface area contributed by atoms with Gasteiger partial charge < -0.3 is 4.90 Å². The van der Waals surface area contributed by atoms with Crippen molar-refractivity contribution in [3.05, 3.63) is 39.9 Å². The third kappa shape index (κ3) is 3.29. The zero-order chi connectivity index (χ0) is 16.6. The molecule has 2 atom stereocenters. The second-order valence-electron chi connectivity index (χ2n) is 6.28. The van der Waals surface area contributed by atoms with Crippen LogP contribution in [0, 0.1) is 6.92 Å². The number of aryl methyl sites for hydroxylation is 1. The van der Waals surface area contributed by atoms with E-state index in [1.807, 2.05) is 36.1 Å². The molecule has 3 nitrogen and oxygen atoms in total. The maximum Gasteiger partial charge on any atom is 0.266 e. The minimum absolute atomic E-state index is 0.125. The molecule has 23 heavy (non-hydrogen) atoms. The summed E-state index contributed by atoms with van der Waals surface area (Å²) in [5.74, 6) is 0.125. The van der Waals surface area contributed by atoms with Gasteiger partial charge in [0.05, 0.1) is 5.69 Å². The Hall–Kier alpha value is -1.39. The van der Waals surface area contributed by atoms with Crippen LogP contribution in [0.2, 0.25) is 5.02 Å². The van der Waals surface area contributed by atoms with Crippen molar-refractivity contribution < 1.29 is 4.79 Å². The van der Waals surface area contributed by atoms with Crippen LogP contribution in [0.15, 0.2) is 24.3 Å². The van der Waals surface area contributed by atoms with E-state index >= 15 is 0 Å². The third-order valence-electron chi connectivity index (χ3n) is 4.51. The summed E-state index contributed by atoms with van der Waals surface area (Å²) in [6, 6.07) is 8.19. The average Bonchev–Trinajstić information content (AvgIpc) is 2.89. The fourth-order valence-corrected chi connectivity index (χ4v) is 4.39. The molecule has 2 heterocycles. The molecule has 1 aliphatic rings. The predicted molar refractivity (Wildman–Crippen MR) is 96.2 cm³/mol. The molecule has 0 N–H and O–H groups in total. The number of aromatic nitrogens is 1. The van der Waals surface area contributed by atoms with Gasteiger partial charge >= 0.3 is 0 Å². The Labute approximate surface area is 146 Å². The van der Waals surface area contributed by atoms with Crippen LogP contribution in [0.3, 0.4) is 0 Å². The summed E-state index contributed by atoms with van der Waals surface area (Å²) in [5, 5.41) is 1.58. The number of carbonyl (C=O) groups is 1. The number of benzene rings is 1. The molecule has 2 aromatic rings. The molecule has 1 aromatic carbocycles. The van der Waals surface area contributed by atoms with Crippen LogP contribution in [-0.4, -0.2) is 27.9 Å². The van der Waals surface area contributed by atoms with E-state index in [1.54, 1.807) is 0 Å². The molecular weight excluding hydrogens is 328 g/mol. The molecule has 3 rings (SSSR count). The van der Waals surface area contributed by atoms with Crippen molar-refractivity contribution in [1.82, 2.24) is 9.88 Å². The van der Waals surface area contributed by atoms with Gasteiger partial charge in [-0.15, -0.1) is 11.3 Å². The lowest BCUT2D eigenvalue weighted by molar-refractivity contribution is 0.0515. The van der Waals surface area contributed by atoms with E-state index < -0.39 is 0 Å². The smallest absolute Gasteiger partial charge is 0.266 e. The van der Waals surface area contributed by atoms with Crippen molar-refractivity contribution in [1.29, 1.82) is 0 Å². The monoisotopic (exact) mass is 348 g/mol. The number of carbonyl (C=O) groups excluding carboxylic acids is 1. The molecule has 0 spiro atoms. The van der Waals surface area contributed by atoms with Gasteiger partial charge in [-0.25, -0.2) is 4.98 Å². The highest BCUT2D eigenvalue weighted by molar-refractivity contribution is 7.17. The minimum Gasteiger partial charge on any atom is -0.332 e. The van der Waals surface area contributed by atoms with E-state index in [0.717, 1.165) is 34.0 Å². The van der Waals surface area contributed by atoms with Crippen molar-refractivity contribution in [2.24, 2.45) is 0 Å². The highest BCUT2D eigenvalue weighted by Gasteiger charge is 2.31. The van der Waals surface area contributed by atoms with Crippen molar-refractivity contribution >= 4 is 28.8 Å². The Bertz CT molecular complexity index is 700. The number of halogens is 1. The molecule has 2 unspecified atom stereocenters. The SMILES string of the molecule is Cc1nc(-c2ccc(Cl)cc2)sc1C(=O)N1C(C)CCCC1C. The molecule has 0 bridgehead atoms. The lowest BCUT2D eigenvalue weighted by atomic mass is 9.97. The van der Waals surface area contributed by atoms with E-state index in [2.05, 4.69) is 18.8 Å². The Morgan fingerprint density at radius 3 is 2.43 bits per heavy atom. The number of rotatable bonds is 2. The number of likely N-dealkylation sites (tertiary alicyclic amines) is 1. The van der Waals surface area contributed by atoms with Gasteiger partial charge in [0.1, 0.15) is 9.88 Å². The summed E-state index contributed by atoms with van der Waals surface area (Å²) in [4.78, 5) is 20.4. The summed E-state index contributed by atoms with van der Waals surface area (Å²) >= 11 is 7.42. The Morgan fingerprint density at radius 2 is 1.83 bits per heavy atom. The summed E-state index contributed by atoms with van der Waals surface area (Å²) < 4.78 is 0. The number of amides is 1. The first-order chi connectivity index (χ1) is 11.0. The topological polar surface area (TPSA) is 33.2 Å². The Morgan fingerprint density at radius 1 is 1.22 bits per heavy atom. The third-order valence-corrected chi connectivity index (χ3v) is 5.96. The molecule has 0 aliphatic carbocycles. The maximum atomic E-state index is 13.0. The van der Waals surface area contributed by atoms with Gasteiger partial charge in [0.15, 0.2) is 0 Å². The summed E-state index contributed by atoms with van der Waals surface area (Å²) in [6.07, 6.45) is 3.36. The van der Waals surface area contributed by atoms with Gasteiger partial charge in [-0.05, 0) is 52.2 Å². The molecular formula is C18H21ClN2OS. The average molecular weight is 349 g/mol. The number of thiazole rings is 1. The fraction of sp³-hybridized carbons (Fsp3) is 0.444. The summed E-state index contributed by atoms with van der Waals surface area (Å²) in [6.45, 7) is 6.20. The van der Waals surface area contributed by atoms with E-state index in [-0.39, 0.29) is 5.91 Å². The van der Waals surface area contributed by atoms with E-state index in [4.69, 9.17) is 11.6 Å². The van der Waals surface area contributed by atoms with E-state index in [1.165, 1.54) is 17.8 Å². The second kappa shape index (κ2) is 6.62. The highest BCUT2D eigenvalue weighted by Crippen LogP contribution is 2.32. The molecule has 1 fully saturated rings. The molecule has 1 saturated heterocycles. The largest absolute Gasteiger partial charge is 0.332 e. The quantitative estimate of drug-likeness (QED) is 0.749. The second-order valence-corrected chi connectivity index (χ2v) is 7.72. The standard InChI is InChI=1S/C18H21ClN2OS/c1-11-5-4-6-12(2)21(11)18(22)16-13(3)20-17(23-16)14-7-9-15(19)10-8-14/h7-12H,4-6H2,1-3H3. The van der Waals surface area contributed by atoms with Crippen LogP contribution in [0.25, 0.3) is 10.6 Å². The molecule has 1 amide bonds. The first kappa shape index (κ1) is 16.5. The van der Waals surface area contributed by atoms with E-state index in [0.29, 0.717) is 17.1 Å². The number of hydrogen-bond donors (Lipinski definition) is 0. The fourth-order valence-electron chi connectivity index (χ4n) is 3.25. The first-order valence-corrected chi connectivity index (χ1v) is 9.23. The number of hydrogen-bond acceptors (Lipinski definition) is 3. The summed E-state index contributed by atoms with van der Waals surface area (Å²) in [5.41, 5.74) is 1.82. The van der Waals surface area contributed by atoms with Gasteiger partial charge in [-0.2, -0.15) is 0 Å². The van der Waals surface area contributed by atoms with Gasteiger partial charge in [0.25, 0.3) is 5.91 Å². The highest BCUT2D eigenvalue weighted by atomic mass is 35.5. The van der Waals surface area contributed by atoms with Gasteiger partial charge in [0.2, 0.25) is 0 Å². The Kier molecular flexibility index (Phi) is 4.74. The lowest BCUT2D eigenvalue weighted by Gasteiger charge is -2.38. The molecule has 0 radical (unpaired) electrons. The maximum absolute atomic E-state index is 13.0. The van der Waals surface area contributed by atoms with Gasteiger partial charge in [-0.3, -0.25) is 4.79 Å². The van der Waals surface area contributed by atoms with Crippen molar-refractivity contribution in [2.45, 2.75) is 52.1 Å². The van der Waals surface area contributed by atoms with E-state index in [9.17, 15) is 4.79 Å². The molecule has 0 saturated carbocycles. The van der Waals surface area contributed by atoms with Crippen LogP contribution in [-0.2, 0) is 0 Å². The summed E-state index contributed by atoms with van der Waals surface area (Å²) in [7, 11) is 0. The van der Waals surface area contributed by atoms with Crippen LogP contribution >= 0.6 is 22.9 Å². The van der Waals surface area contributed by atoms with Crippen molar-refractivity contribution in [3.63, 3.8) is 0 Å². The van der Waals surface area contributed by atoms with Crippen molar-refractivity contribution in [2.75, 3.05) is 0 Å².